The van der Waals surface area contributed by atoms with Crippen molar-refractivity contribution in [3.05, 3.63) is 0 Å². The second-order valence-electron chi connectivity index (χ2n) is 0.136. The van der Waals surface area contributed by atoms with Gasteiger partial charge in [0, 0.05) is 0 Å². The van der Waals surface area contributed by atoms with Crippen molar-refractivity contribution >= 4 is 24.1 Å². The Balaban J connectivity index is 0. The predicted molar refractivity (Wildman–Crippen MR) is 19.1 cm³/mol. The Morgan fingerprint density at radius 3 is 1.75 bits per heavy atom. The van der Waals surface area contributed by atoms with Crippen LogP contribution in [0.25, 0.3) is 0 Å². The molecule has 0 aliphatic heterocycles. The number of hydrogen-bond donors (Lipinski definition) is 0. The maximum Gasteiger partial charge on any atom is 1.00 e. The molecule has 0 saturated carbocycles. The fourth-order valence-electron chi connectivity index (χ4n) is 0. The summed E-state index contributed by atoms with van der Waals surface area (Å²) in [5.41, 5.74) is 0. The average Bonchev–Trinajstić information content (AvgIpc) is 0.918. The zero-order chi connectivity index (χ0) is 2.71. The maximum absolute atomic E-state index is 4.54. The third-order valence-electron chi connectivity index (χ3n) is 0. The normalized spacial score (nSPS) is 2.75. The summed E-state index contributed by atoms with van der Waals surface area (Å²) in [5.74, 6) is 0. The van der Waals surface area contributed by atoms with E-state index in [1.807, 2.05) is 0 Å². The van der Waals surface area contributed by atoms with Gasteiger partial charge in [-0.25, -0.2) is 0 Å². The molecule has 13 valence electrons. The SMILES string of the molecule is [B]=S=[B-].[Li+]. The summed E-state index contributed by atoms with van der Waals surface area (Å²) in [7, 11) is 0.750. The van der Waals surface area contributed by atoms with Crippen molar-refractivity contribution in [1.29, 1.82) is 0 Å². The molecule has 0 rings (SSSR count). The molecular formula is B2LiS. The molecule has 0 aromatic rings. The van der Waals surface area contributed by atoms with Gasteiger partial charge in [-0.05, 0) is 0 Å². The van der Waals surface area contributed by atoms with Crippen LogP contribution in [0.15, 0.2) is 0 Å². The monoisotopic (exact) mass is 61.0 g/mol. The van der Waals surface area contributed by atoms with Crippen LogP contribution in [0.5, 0.6) is 0 Å². The van der Waals surface area contributed by atoms with E-state index in [4.69, 9.17) is 0 Å². The van der Waals surface area contributed by atoms with Gasteiger partial charge in [-0.2, -0.15) is 0 Å². The summed E-state index contributed by atoms with van der Waals surface area (Å²) in [5, 5.41) is 0. The standard InChI is InChI=1S/B2S.Li/c1-3-2;/q-1;+1. The number of rotatable bonds is 0. The fourth-order valence-corrected chi connectivity index (χ4v) is 0. The molecule has 4 heavy (non-hydrogen) atoms. The minimum atomic E-state index is 0. The van der Waals surface area contributed by atoms with Gasteiger partial charge >= 0.3 is 42.9 Å². The second kappa shape index (κ2) is 9.04. The van der Waals surface area contributed by atoms with Gasteiger partial charge in [0.05, 0.1) is 0 Å². The van der Waals surface area contributed by atoms with E-state index >= 15 is 0 Å². The quantitative estimate of drug-likeness (QED) is 0.260. The summed E-state index contributed by atoms with van der Waals surface area (Å²) >= 11 is 0. The molecule has 0 spiro atoms. The van der Waals surface area contributed by atoms with E-state index in [1.54, 1.807) is 0 Å². The van der Waals surface area contributed by atoms with Gasteiger partial charge in [0.1, 0.15) is 0 Å². The van der Waals surface area contributed by atoms with Gasteiger partial charge in [0.15, 0.2) is 0 Å². The van der Waals surface area contributed by atoms with Gasteiger partial charge in [-0.1, -0.05) is 0 Å². The summed E-state index contributed by atoms with van der Waals surface area (Å²) in [4.78, 5) is 0. The van der Waals surface area contributed by atoms with E-state index in [0.717, 1.165) is 10.6 Å². The van der Waals surface area contributed by atoms with E-state index in [1.165, 1.54) is 0 Å². The molecule has 4 heteroatoms. The Morgan fingerprint density at radius 1 is 1.75 bits per heavy atom. The molecule has 0 bridgehead atoms. The molecule has 0 aliphatic carbocycles. The molecular weight excluding hydrogens is 60.6 g/mol. The van der Waals surface area contributed by atoms with Crippen LogP contribution in [0.1, 0.15) is 0 Å². The van der Waals surface area contributed by atoms with Crippen LogP contribution in [-0.2, 0) is 0 Å². The molecule has 0 N–H and O–H groups in total. The van der Waals surface area contributed by atoms with Crippen LogP contribution in [0.4, 0.5) is 0 Å². The maximum atomic E-state index is 4.54. The zero-order valence-corrected chi connectivity index (χ0v) is 3.38. The van der Waals surface area contributed by atoms with E-state index in [2.05, 4.69) is 13.4 Å². The minimum absolute atomic E-state index is 0. The Kier molecular flexibility index (Phi) is 20.1. The first kappa shape index (κ1) is 8.87. The minimum Gasteiger partial charge on any atom is 1.00 e. The largest absolute Gasteiger partial charge is 1.00 e. The van der Waals surface area contributed by atoms with Crippen molar-refractivity contribution in [1.82, 2.24) is 0 Å². The van der Waals surface area contributed by atoms with E-state index in [0.29, 0.717) is 0 Å². The molecule has 0 amide bonds. The molecule has 0 aliphatic rings. The molecule has 0 aromatic heterocycles. The van der Waals surface area contributed by atoms with Gasteiger partial charge in [0.2, 0.25) is 0 Å². The fraction of sp³-hybridized carbons (Fsp3) is 0. The summed E-state index contributed by atoms with van der Waals surface area (Å²) < 4.78 is 0. The molecule has 0 nitrogen and oxygen atoms in total. The summed E-state index contributed by atoms with van der Waals surface area (Å²) in [6.07, 6.45) is 0. The Morgan fingerprint density at radius 2 is 1.75 bits per heavy atom. The van der Waals surface area contributed by atoms with Crippen molar-refractivity contribution in [3.63, 3.8) is 0 Å². The number of hydrogen-bond acceptors (Lipinski definition) is 0. The van der Waals surface area contributed by atoms with E-state index < -0.39 is 0 Å². The van der Waals surface area contributed by atoms with Crippen molar-refractivity contribution in [2.24, 2.45) is 0 Å². The molecule has 0 heterocycles. The van der Waals surface area contributed by atoms with Crippen LogP contribution in [0.2, 0.25) is 0 Å². The first-order valence-electron chi connectivity index (χ1n) is 0.471. The second-order valence-corrected chi connectivity index (χ2v) is 0.408. The van der Waals surface area contributed by atoms with Crippen LogP contribution >= 0.6 is 10.6 Å². The summed E-state index contributed by atoms with van der Waals surface area (Å²) in [6.45, 7) is 9.08. The van der Waals surface area contributed by atoms with Crippen molar-refractivity contribution in [3.8, 4) is 0 Å². The third-order valence-corrected chi connectivity index (χ3v) is 0. The first-order valence-corrected chi connectivity index (χ1v) is 1.41. The Hall–Kier alpha value is 0.947. The van der Waals surface area contributed by atoms with E-state index in [9.17, 15) is 0 Å². The van der Waals surface area contributed by atoms with Crippen LogP contribution in [0, 0.1) is 0 Å². The van der Waals surface area contributed by atoms with Crippen molar-refractivity contribution < 1.29 is 18.9 Å². The van der Waals surface area contributed by atoms with Crippen LogP contribution in [-0.4, -0.2) is 13.4 Å². The molecule has 0 unspecified atom stereocenters. The van der Waals surface area contributed by atoms with Crippen molar-refractivity contribution in [2.75, 3.05) is 0 Å². The summed E-state index contributed by atoms with van der Waals surface area (Å²) in [6, 6.07) is 0. The smallest absolute Gasteiger partial charge is 1.00 e. The predicted octanol–water partition coefficient (Wildman–Crippen LogP) is -3.11. The van der Waals surface area contributed by atoms with Gasteiger partial charge in [-0.15, -0.1) is 0 Å². The van der Waals surface area contributed by atoms with Gasteiger partial charge < -0.3 is 0 Å². The molecule has 3 radical (unpaired) electrons. The molecule has 0 fully saturated rings. The van der Waals surface area contributed by atoms with E-state index in [-0.39, 0.29) is 18.9 Å². The zero-order valence-electron chi connectivity index (χ0n) is 2.56. The topological polar surface area (TPSA) is 0 Å². The molecule has 0 atom stereocenters. The van der Waals surface area contributed by atoms with Crippen LogP contribution in [0.3, 0.4) is 0 Å². The Bertz CT molecular complexity index is 27.0. The average molecular weight is 60.6 g/mol. The van der Waals surface area contributed by atoms with Gasteiger partial charge in [0.25, 0.3) is 0 Å². The van der Waals surface area contributed by atoms with Crippen molar-refractivity contribution in [2.45, 2.75) is 0 Å². The van der Waals surface area contributed by atoms with Crippen LogP contribution < -0.4 is 18.9 Å². The first-order chi connectivity index (χ1) is 1.41. The molecule has 0 saturated heterocycles. The third kappa shape index (κ3) is 12.5. The Labute approximate surface area is 43.2 Å². The molecule has 0 aromatic carbocycles. The van der Waals surface area contributed by atoms with Gasteiger partial charge in [-0.3, -0.25) is 0 Å².